The van der Waals surface area contributed by atoms with Crippen LogP contribution in [0.5, 0.6) is 0 Å². The second kappa shape index (κ2) is 8.25. The lowest BCUT2D eigenvalue weighted by Gasteiger charge is -2.20. The van der Waals surface area contributed by atoms with E-state index in [9.17, 15) is 4.79 Å². The van der Waals surface area contributed by atoms with Crippen LogP contribution in [0.1, 0.15) is 23.2 Å². The molecule has 0 atom stereocenters. The Labute approximate surface area is 108 Å². The number of amides is 1. The zero-order chi connectivity index (χ0) is 13.2. The van der Waals surface area contributed by atoms with E-state index >= 15 is 0 Å². The zero-order valence-electron chi connectivity index (χ0n) is 10.5. The monoisotopic (exact) mass is 245 g/mol. The second-order valence-electron chi connectivity index (χ2n) is 3.79. The Morgan fingerprint density at radius 1 is 1.22 bits per heavy atom. The summed E-state index contributed by atoms with van der Waals surface area (Å²) < 4.78 is 0. The van der Waals surface area contributed by atoms with Crippen LogP contribution in [0.25, 0.3) is 0 Å². The molecule has 0 heterocycles. The highest BCUT2D eigenvalue weighted by atomic mass is 16.7. The van der Waals surface area contributed by atoms with Gasteiger partial charge in [-0.3, -0.25) is 9.63 Å². The lowest BCUT2D eigenvalue weighted by atomic mass is 10.2. The summed E-state index contributed by atoms with van der Waals surface area (Å²) in [5.74, 6) is -0.144. The van der Waals surface area contributed by atoms with E-state index in [1.807, 2.05) is 24.3 Å². The number of carbonyl (C=O) groups is 1. The molecule has 3 heteroatoms. The van der Waals surface area contributed by atoms with Gasteiger partial charge in [-0.15, -0.1) is 13.2 Å². The van der Waals surface area contributed by atoms with Gasteiger partial charge in [0.05, 0.1) is 13.2 Å². The lowest BCUT2D eigenvalue weighted by Crippen LogP contribution is -2.31. The maximum absolute atomic E-state index is 12.1. The molecule has 0 bridgehead atoms. The summed E-state index contributed by atoms with van der Waals surface area (Å²) in [5, 5.41) is 1.34. The summed E-state index contributed by atoms with van der Waals surface area (Å²) in [4.78, 5) is 17.6. The van der Waals surface area contributed by atoms with Gasteiger partial charge in [-0.05, 0) is 25.0 Å². The van der Waals surface area contributed by atoms with Crippen LogP contribution in [-0.2, 0) is 4.84 Å². The van der Waals surface area contributed by atoms with Crippen LogP contribution in [0.2, 0.25) is 0 Å². The molecule has 0 saturated carbocycles. The number of allylic oxidation sites excluding steroid dienone is 1. The average molecular weight is 245 g/mol. The summed E-state index contributed by atoms with van der Waals surface area (Å²) in [6.45, 7) is 8.15. The number of benzene rings is 1. The minimum Gasteiger partial charge on any atom is -0.270 e. The van der Waals surface area contributed by atoms with Crippen molar-refractivity contribution in [1.82, 2.24) is 5.06 Å². The van der Waals surface area contributed by atoms with Crippen molar-refractivity contribution in [1.29, 1.82) is 0 Å². The van der Waals surface area contributed by atoms with Gasteiger partial charge >= 0.3 is 0 Å². The van der Waals surface area contributed by atoms with Crippen molar-refractivity contribution in [2.75, 3.05) is 13.2 Å². The van der Waals surface area contributed by atoms with Gasteiger partial charge in [0.1, 0.15) is 0 Å². The number of unbranched alkanes of at least 4 members (excludes halogenated alkanes) is 1. The molecule has 1 aromatic carbocycles. The smallest absolute Gasteiger partial charge is 0.270 e. The van der Waals surface area contributed by atoms with E-state index in [0.717, 1.165) is 12.8 Å². The van der Waals surface area contributed by atoms with Crippen molar-refractivity contribution in [2.24, 2.45) is 0 Å². The van der Waals surface area contributed by atoms with E-state index in [1.54, 1.807) is 18.2 Å². The molecule has 0 spiro atoms. The van der Waals surface area contributed by atoms with Crippen LogP contribution in [-0.4, -0.2) is 24.1 Å². The van der Waals surface area contributed by atoms with E-state index in [-0.39, 0.29) is 5.91 Å². The van der Waals surface area contributed by atoms with Crippen LogP contribution in [0.3, 0.4) is 0 Å². The normalized spacial score (nSPS) is 9.78. The molecule has 3 nitrogen and oxygen atoms in total. The highest BCUT2D eigenvalue weighted by Gasteiger charge is 2.14. The fourth-order valence-electron chi connectivity index (χ4n) is 1.44. The number of hydrogen-bond acceptors (Lipinski definition) is 2. The van der Waals surface area contributed by atoms with Gasteiger partial charge in [0, 0.05) is 5.56 Å². The molecule has 0 saturated heterocycles. The van der Waals surface area contributed by atoms with Crippen LogP contribution in [0.15, 0.2) is 55.6 Å². The van der Waals surface area contributed by atoms with Crippen molar-refractivity contribution in [3.63, 3.8) is 0 Å². The number of nitrogens with zero attached hydrogens (tertiary/aromatic N) is 1. The standard InChI is InChI=1S/C15H19NO2/c1-3-5-9-13-18-16(12-4-2)15(17)14-10-7-6-8-11-14/h3-4,6-8,10-11H,1-2,5,9,12-13H2. The minimum atomic E-state index is -0.144. The minimum absolute atomic E-state index is 0.144. The third kappa shape index (κ3) is 4.55. The first-order valence-corrected chi connectivity index (χ1v) is 6.01. The molecule has 1 rings (SSSR count). The van der Waals surface area contributed by atoms with Gasteiger partial charge in [-0.2, -0.15) is 0 Å². The maximum Gasteiger partial charge on any atom is 0.277 e. The van der Waals surface area contributed by atoms with Crippen LogP contribution >= 0.6 is 0 Å². The summed E-state index contributed by atoms with van der Waals surface area (Å²) in [7, 11) is 0. The van der Waals surface area contributed by atoms with E-state index in [1.165, 1.54) is 5.06 Å². The molecule has 0 aliphatic heterocycles. The molecule has 0 aliphatic carbocycles. The van der Waals surface area contributed by atoms with E-state index < -0.39 is 0 Å². The first-order chi connectivity index (χ1) is 8.79. The lowest BCUT2D eigenvalue weighted by molar-refractivity contribution is -0.116. The molecule has 18 heavy (non-hydrogen) atoms. The predicted octanol–water partition coefficient (Wildman–Crippen LogP) is 3.21. The van der Waals surface area contributed by atoms with Gasteiger partial charge < -0.3 is 0 Å². The molecule has 0 unspecified atom stereocenters. The van der Waals surface area contributed by atoms with Gasteiger partial charge in [-0.25, -0.2) is 5.06 Å². The Hall–Kier alpha value is -1.87. The van der Waals surface area contributed by atoms with Gasteiger partial charge in [0.15, 0.2) is 0 Å². The van der Waals surface area contributed by atoms with Crippen molar-refractivity contribution < 1.29 is 9.63 Å². The number of hydroxylamine groups is 2. The predicted molar refractivity (Wildman–Crippen MR) is 73.1 cm³/mol. The molecular weight excluding hydrogens is 226 g/mol. The van der Waals surface area contributed by atoms with E-state index in [4.69, 9.17) is 4.84 Å². The average Bonchev–Trinajstić information content (AvgIpc) is 2.42. The van der Waals surface area contributed by atoms with Crippen molar-refractivity contribution in [3.05, 3.63) is 61.2 Å². The Kier molecular flexibility index (Phi) is 6.51. The molecule has 96 valence electrons. The van der Waals surface area contributed by atoms with Crippen molar-refractivity contribution >= 4 is 5.91 Å². The quantitative estimate of drug-likeness (QED) is 0.400. The SMILES string of the molecule is C=CCCCON(CC=C)C(=O)c1ccccc1. The highest BCUT2D eigenvalue weighted by molar-refractivity contribution is 5.93. The van der Waals surface area contributed by atoms with Crippen LogP contribution in [0, 0.1) is 0 Å². The van der Waals surface area contributed by atoms with E-state index in [0.29, 0.717) is 18.7 Å². The van der Waals surface area contributed by atoms with Gasteiger partial charge in [0.2, 0.25) is 0 Å². The van der Waals surface area contributed by atoms with Crippen LogP contribution < -0.4 is 0 Å². The molecule has 1 aromatic rings. The Morgan fingerprint density at radius 2 is 1.94 bits per heavy atom. The molecule has 1 amide bonds. The Bertz CT molecular complexity index is 387. The fraction of sp³-hybridized carbons (Fsp3) is 0.267. The van der Waals surface area contributed by atoms with Crippen LogP contribution in [0.4, 0.5) is 0 Å². The molecule has 0 radical (unpaired) electrons. The topological polar surface area (TPSA) is 29.5 Å². The molecule has 0 fully saturated rings. The third-order valence-corrected chi connectivity index (χ3v) is 2.34. The summed E-state index contributed by atoms with van der Waals surface area (Å²) in [5.41, 5.74) is 0.614. The largest absolute Gasteiger partial charge is 0.277 e. The fourth-order valence-corrected chi connectivity index (χ4v) is 1.44. The Morgan fingerprint density at radius 3 is 2.56 bits per heavy atom. The number of rotatable bonds is 8. The maximum atomic E-state index is 12.1. The highest BCUT2D eigenvalue weighted by Crippen LogP contribution is 2.06. The van der Waals surface area contributed by atoms with Crippen molar-refractivity contribution in [3.8, 4) is 0 Å². The molecule has 0 aromatic heterocycles. The van der Waals surface area contributed by atoms with Gasteiger partial charge in [0.25, 0.3) is 5.91 Å². The van der Waals surface area contributed by atoms with Crippen molar-refractivity contribution in [2.45, 2.75) is 12.8 Å². The summed E-state index contributed by atoms with van der Waals surface area (Å²) in [6, 6.07) is 9.07. The zero-order valence-corrected chi connectivity index (χ0v) is 10.5. The molecule has 0 N–H and O–H groups in total. The van der Waals surface area contributed by atoms with E-state index in [2.05, 4.69) is 13.2 Å². The summed E-state index contributed by atoms with van der Waals surface area (Å²) >= 11 is 0. The van der Waals surface area contributed by atoms with Gasteiger partial charge in [-0.1, -0.05) is 30.4 Å². The summed E-state index contributed by atoms with van der Waals surface area (Å²) in [6.07, 6.45) is 5.20. The third-order valence-electron chi connectivity index (χ3n) is 2.34. The molecular formula is C15H19NO2. The first kappa shape index (κ1) is 14.2. The molecule has 0 aliphatic rings. The number of carbonyl (C=O) groups excluding carboxylic acids is 1. The number of hydrogen-bond donors (Lipinski definition) is 0. The first-order valence-electron chi connectivity index (χ1n) is 6.01. The second-order valence-corrected chi connectivity index (χ2v) is 3.79. The Balaban J connectivity index is 2.57.